The van der Waals surface area contributed by atoms with Gasteiger partial charge in [-0.3, -0.25) is 10.2 Å². The van der Waals surface area contributed by atoms with E-state index in [4.69, 9.17) is 5.41 Å². The summed E-state index contributed by atoms with van der Waals surface area (Å²) in [4.78, 5) is 15.3. The molecule has 1 aromatic heterocycles. The number of amides is 1. The number of nitrogens with zero attached hydrogens (tertiary/aromatic N) is 3. The number of carbonyl (C=O) groups is 1. The van der Waals surface area contributed by atoms with Crippen LogP contribution < -0.4 is 5.32 Å². The smallest absolute Gasteiger partial charge is 0.274 e. The minimum absolute atomic E-state index is 0.224. The molecule has 1 aliphatic heterocycles. The van der Waals surface area contributed by atoms with Crippen LogP contribution >= 0.6 is 0 Å². The van der Waals surface area contributed by atoms with E-state index >= 15 is 0 Å². The van der Waals surface area contributed by atoms with Gasteiger partial charge in [0.1, 0.15) is 23.0 Å². The lowest BCUT2D eigenvalue weighted by Crippen LogP contribution is -2.37. The Morgan fingerprint density at radius 1 is 1.03 bits per heavy atom. The average molecular weight is 470 g/mol. The van der Waals surface area contributed by atoms with Crippen LogP contribution in [0.5, 0.6) is 0 Å². The lowest BCUT2D eigenvalue weighted by atomic mass is 9.98. The van der Waals surface area contributed by atoms with Crippen LogP contribution in [0.25, 0.3) is 16.5 Å². The van der Waals surface area contributed by atoms with Crippen molar-refractivity contribution in [1.82, 2.24) is 14.7 Å². The third kappa shape index (κ3) is 4.67. The van der Waals surface area contributed by atoms with Gasteiger partial charge in [-0.1, -0.05) is 31.2 Å². The lowest BCUT2D eigenvalue weighted by Gasteiger charge is -2.32. The number of rotatable bonds is 4. The highest BCUT2D eigenvalue weighted by Gasteiger charge is 2.20. The molecule has 0 spiro atoms. The van der Waals surface area contributed by atoms with Crippen LogP contribution in [0, 0.1) is 24.1 Å². The van der Waals surface area contributed by atoms with Crippen LogP contribution in [-0.4, -0.2) is 39.5 Å². The molecule has 0 bridgehead atoms. The Kier molecular flexibility index (Phi) is 6.07. The fourth-order valence-corrected chi connectivity index (χ4v) is 4.53. The van der Waals surface area contributed by atoms with E-state index < -0.39 is 5.82 Å². The first-order valence-electron chi connectivity index (χ1n) is 11.9. The third-order valence-corrected chi connectivity index (χ3v) is 6.62. The number of anilines is 1. The molecule has 0 radical (unpaired) electrons. The van der Waals surface area contributed by atoms with Gasteiger partial charge in [0.2, 0.25) is 0 Å². The molecule has 0 atom stereocenters. The molecule has 0 unspecified atom stereocenters. The quantitative estimate of drug-likeness (QED) is 0.294. The molecule has 0 aliphatic carbocycles. The molecule has 6 nitrogen and oxygen atoms in total. The second kappa shape index (κ2) is 9.33. The molecule has 1 amide bonds. The molecule has 35 heavy (non-hydrogen) atoms. The van der Waals surface area contributed by atoms with E-state index in [-0.39, 0.29) is 17.3 Å². The number of aromatic nitrogens is 2. The van der Waals surface area contributed by atoms with E-state index in [2.05, 4.69) is 22.2 Å². The zero-order valence-electron chi connectivity index (χ0n) is 19.9. The third-order valence-electron chi connectivity index (χ3n) is 6.62. The summed E-state index contributed by atoms with van der Waals surface area (Å²) >= 11 is 0. The molecule has 2 N–H and O–H groups in total. The molecule has 7 heteroatoms. The monoisotopic (exact) mass is 469 g/mol. The van der Waals surface area contributed by atoms with Crippen molar-refractivity contribution < 1.29 is 9.18 Å². The van der Waals surface area contributed by atoms with Crippen molar-refractivity contribution in [3.8, 4) is 5.69 Å². The Morgan fingerprint density at radius 2 is 1.69 bits per heavy atom. The number of fused-ring (bicyclic) bond motifs is 1. The molecule has 0 saturated carbocycles. The van der Waals surface area contributed by atoms with Gasteiger partial charge in [0.05, 0.1) is 5.69 Å². The van der Waals surface area contributed by atoms with Gasteiger partial charge >= 0.3 is 0 Å². The molecule has 178 valence electrons. The molecule has 3 aromatic carbocycles. The Hall–Kier alpha value is -4.00. The van der Waals surface area contributed by atoms with Gasteiger partial charge in [-0.05, 0) is 78.9 Å². The number of hydrogen-bond donors (Lipinski definition) is 2. The second-order valence-electron chi connectivity index (χ2n) is 9.28. The molecule has 4 aromatic rings. The standard InChI is InChI=1S/C28H28FN5O/c1-18-11-13-33(14-12-18)27(30)20-7-9-23(10-8-20)31-28(35)26-15-19(2)32-34(26)25-17-22-6-4-3-5-21(22)16-24(25)29/h3-10,15-18,30H,11-14H2,1-2H3,(H,31,35). The predicted octanol–water partition coefficient (Wildman–Crippen LogP) is 5.78. The van der Waals surface area contributed by atoms with E-state index in [0.29, 0.717) is 23.1 Å². The van der Waals surface area contributed by atoms with Gasteiger partial charge in [0, 0.05) is 24.3 Å². The normalized spacial score (nSPS) is 14.3. The lowest BCUT2D eigenvalue weighted by molar-refractivity contribution is 0.101. The summed E-state index contributed by atoms with van der Waals surface area (Å²) < 4.78 is 16.3. The summed E-state index contributed by atoms with van der Waals surface area (Å²) in [5.74, 6) is 0.383. The first-order chi connectivity index (χ1) is 16.9. The number of carbonyl (C=O) groups excluding carboxylic acids is 1. The number of halogens is 1. The van der Waals surface area contributed by atoms with Crippen molar-refractivity contribution in [3.05, 3.63) is 89.5 Å². The zero-order valence-corrected chi connectivity index (χ0v) is 19.9. The highest BCUT2D eigenvalue weighted by Crippen LogP contribution is 2.24. The van der Waals surface area contributed by atoms with E-state index in [9.17, 15) is 9.18 Å². The van der Waals surface area contributed by atoms with Crippen LogP contribution in [0.15, 0.2) is 66.7 Å². The topological polar surface area (TPSA) is 74.0 Å². The summed E-state index contributed by atoms with van der Waals surface area (Å²) in [5, 5.41) is 17.5. The fraction of sp³-hybridized carbons (Fsp3) is 0.250. The predicted molar refractivity (Wildman–Crippen MR) is 137 cm³/mol. The van der Waals surface area contributed by atoms with Gasteiger partial charge in [0.15, 0.2) is 0 Å². The first kappa shape index (κ1) is 22.8. The molecular weight excluding hydrogens is 441 g/mol. The largest absolute Gasteiger partial charge is 0.357 e. The molecular formula is C28H28FN5O. The maximum Gasteiger partial charge on any atom is 0.274 e. The van der Waals surface area contributed by atoms with Crippen molar-refractivity contribution >= 4 is 28.2 Å². The highest BCUT2D eigenvalue weighted by molar-refractivity contribution is 6.04. The maximum atomic E-state index is 15.0. The Balaban J connectivity index is 1.36. The second-order valence-corrected chi connectivity index (χ2v) is 9.28. The highest BCUT2D eigenvalue weighted by atomic mass is 19.1. The Morgan fingerprint density at radius 3 is 2.37 bits per heavy atom. The molecule has 2 heterocycles. The van der Waals surface area contributed by atoms with Crippen LogP contribution in [0.3, 0.4) is 0 Å². The number of likely N-dealkylation sites (tertiary alicyclic amines) is 1. The zero-order chi connectivity index (χ0) is 24.5. The van der Waals surface area contributed by atoms with E-state index in [1.54, 1.807) is 31.2 Å². The van der Waals surface area contributed by atoms with Crippen molar-refractivity contribution in [2.45, 2.75) is 26.7 Å². The fourth-order valence-electron chi connectivity index (χ4n) is 4.53. The van der Waals surface area contributed by atoms with E-state index in [1.807, 2.05) is 36.4 Å². The maximum absolute atomic E-state index is 15.0. The van der Waals surface area contributed by atoms with E-state index in [0.717, 1.165) is 42.3 Å². The van der Waals surface area contributed by atoms with Gasteiger partial charge in [-0.25, -0.2) is 9.07 Å². The number of hydrogen-bond acceptors (Lipinski definition) is 3. The van der Waals surface area contributed by atoms with E-state index in [1.165, 1.54) is 10.7 Å². The van der Waals surface area contributed by atoms with Gasteiger partial charge in [-0.15, -0.1) is 0 Å². The minimum Gasteiger partial charge on any atom is -0.357 e. The van der Waals surface area contributed by atoms with Gasteiger partial charge in [-0.2, -0.15) is 5.10 Å². The Labute approximate surface area is 203 Å². The van der Waals surface area contributed by atoms with Crippen LogP contribution in [0.2, 0.25) is 0 Å². The van der Waals surface area contributed by atoms with Gasteiger partial charge in [0.25, 0.3) is 5.91 Å². The SMILES string of the molecule is Cc1cc(C(=O)Nc2ccc(C(=N)N3CCC(C)CC3)cc2)n(-c2cc3ccccc3cc2F)n1. The van der Waals surface area contributed by atoms with Crippen LogP contribution in [0.1, 0.15) is 41.5 Å². The first-order valence-corrected chi connectivity index (χ1v) is 11.9. The van der Waals surface area contributed by atoms with Crippen molar-refractivity contribution in [2.75, 3.05) is 18.4 Å². The number of piperidine rings is 1. The Bertz CT molecular complexity index is 1400. The van der Waals surface area contributed by atoms with Crippen molar-refractivity contribution in [3.63, 3.8) is 0 Å². The molecule has 1 saturated heterocycles. The molecule has 1 fully saturated rings. The summed E-state index contributed by atoms with van der Waals surface area (Å²) in [7, 11) is 0. The number of aryl methyl sites for hydroxylation is 1. The molecule has 1 aliphatic rings. The summed E-state index contributed by atoms with van der Waals surface area (Å²) in [6, 6.07) is 19.6. The number of benzene rings is 3. The summed E-state index contributed by atoms with van der Waals surface area (Å²) in [5.41, 5.74) is 2.50. The summed E-state index contributed by atoms with van der Waals surface area (Å²) in [6.45, 7) is 5.81. The van der Waals surface area contributed by atoms with Crippen LogP contribution in [0.4, 0.5) is 10.1 Å². The van der Waals surface area contributed by atoms with Crippen LogP contribution in [-0.2, 0) is 0 Å². The van der Waals surface area contributed by atoms with Crippen molar-refractivity contribution in [2.24, 2.45) is 5.92 Å². The minimum atomic E-state index is -0.448. The number of amidine groups is 1. The summed E-state index contributed by atoms with van der Waals surface area (Å²) in [6.07, 6.45) is 2.20. The molecule has 5 rings (SSSR count). The van der Waals surface area contributed by atoms with Gasteiger partial charge < -0.3 is 10.2 Å². The van der Waals surface area contributed by atoms with Crippen molar-refractivity contribution in [1.29, 1.82) is 5.41 Å². The number of nitrogens with one attached hydrogen (secondary N) is 2. The average Bonchev–Trinajstić information content (AvgIpc) is 3.25.